The van der Waals surface area contributed by atoms with Crippen molar-refractivity contribution in [2.45, 2.75) is 116 Å². The Labute approximate surface area is 247 Å². The number of aliphatic hydroxyl groups is 1. The Kier molecular flexibility index (Phi) is 8.56. The zero-order valence-corrected chi connectivity index (χ0v) is 25.6. The fourth-order valence-corrected chi connectivity index (χ4v) is 10.4. The van der Waals surface area contributed by atoms with E-state index in [4.69, 9.17) is 4.74 Å². The van der Waals surface area contributed by atoms with Crippen LogP contribution in [0.5, 0.6) is 5.75 Å². The molecule has 0 unspecified atom stereocenters. The zero-order chi connectivity index (χ0) is 28.6. The smallest absolute Gasteiger partial charge is 0.222 e. The number of Topliss-reactive ketones (excluding diaryl/α,β-unsaturated/α-hetero) is 1. The summed E-state index contributed by atoms with van der Waals surface area (Å²) >= 11 is 0. The van der Waals surface area contributed by atoms with E-state index in [1.807, 2.05) is 11.0 Å². The van der Waals surface area contributed by atoms with E-state index in [0.29, 0.717) is 53.8 Å². The number of likely N-dealkylation sites (tertiary alicyclic amines) is 1. The highest BCUT2D eigenvalue weighted by molar-refractivity contribution is 5.79. The molecule has 8 atom stereocenters. The number of hydrogen-bond acceptors (Lipinski definition) is 4. The molecule has 41 heavy (non-hydrogen) atoms. The molecule has 226 valence electrons. The number of ether oxygens (including phenoxy) is 1. The Morgan fingerprint density at radius 3 is 2.68 bits per heavy atom. The summed E-state index contributed by atoms with van der Waals surface area (Å²) in [5.41, 5.74) is 1.71. The highest BCUT2D eigenvalue weighted by atomic mass is 16.5. The van der Waals surface area contributed by atoms with Gasteiger partial charge in [0.25, 0.3) is 0 Å². The SMILES string of the molecule is C[C@]12CCC(=O)C[C@@H]1C[C@@H](CCCc1cccc(OCCCC(=O)N3CCCC3)c1)[C@@H]1[C@@H]2CC[C@]2(C)[C@@H](O)CC[C@@H]12. The largest absolute Gasteiger partial charge is 0.494 e. The second-order valence-corrected chi connectivity index (χ2v) is 14.9. The van der Waals surface area contributed by atoms with Crippen LogP contribution < -0.4 is 4.74 Å². The van der Waals surface area contributed by atoms with Crippen LogP contribution in [0.4, 0.5) is 0 Å². The Morgan fingerprint density at radius 1 is 1.05 bits per heavy atom. The molecule has 1 heterocycles. The van der Waals surface area contributed by atoms with Crippen molar-refractivity contribution in [3.8, 4) is 5.75 Å². The highest BCUT2D eigenvalue weighted by Gasteiger charge is 2.62. The Hall–Kier alpha value is -1.88. The molecule has 1 aliphatic heterocycles. The molecular formula is C36H53NO4. The van der Waals surface area contributed by atoms with Crippen molar-refractivity contribution in [2.75, 3.05) is 19.7 Å². The van der Waals surface area contributed by atoms with E-state index in [1.165, 1.54) is 31.2 Å². The molecule has 1 saturated heterocycles. The van der Waals surface area contributed by atoms with Crippen LogP contribution in [-0.2, 0) is 16.0 Å². The summed E-state index contributed by atoms with van der Waals surface area (Å²) in [6.07, 6.45) is 15.3. The molecule has 0 aromatic heterocycles. The van der Waals surface area contributed by atoms with Crippen molar-refractivity contribution >= 4 is 11.7 Å². The summed E-state index contributed by atoms with van der Waals surface area (Å²) in [5.74, 6) is 4.90. The van der Waals surface area contributed by atoms with E-state index in [1.54, 1.807) is 0 Å². The molecule has 0 radical (unpaired) electrons. The first-order valence-corrected chi connectivity index (χ1v) is 17.0. The molecule has 0 spiro atoms. The third-order valence-electron chi connectivity index (χ3n) is 12.8. The minimum absolute atomic E-state index is 0.0812. The molecule has 5 aliphatic rings. The number of nitrogens with zero attached hydrogens (tertiary/aromatic N) is 1. The number of fused-ring (bicyclic) bond motifs is 5. The number of carbonyl (C=O) groups is 2. The van der Waals surface area contributed by atoms with Gasteiger partial charge in [-0.1, -0.05) is 26.0 Å². The van der Waals surface area contributed by atoms with Crippen molar-refractivity contribution < 1.29 is 19.4 Å². The van der Waals surface area contributed by atoms with Gasteiger partial charge >= 0.3 is 0 Å². The molecule has 0 bridgehead atoms. The summed E-state index contributed by atoms with van der Waals surface area (Å²) in [7, 11) is 0. The molecule has 6 rings (SSSR count). The Morgan fingerprint density at radius 2 is 1.85 bits per heavy atom. The first-order chi connectivity index (χ1) is 19.8. The molecule has 5 heteroatoms. The quantitative estimate of drug-likeness (QED) is 0.329. The third kappa shape index (κ3) is 5.74. The molecule has 4 saturated carbocycles. The van der Waals surface area contributed by atoms with Gasteiger partial charge in [-0.2, -0.15) is 0 Å². The fraction of sp³-hybridized carbons (Fsp3) is 0.778. The van der Waals surface area contributed by atoms with Crippen LogP contribution in [0.1, 0.15) is 109 Å². The second kappa shape index (κ2) is 12.0. The summed E-state index contributed by atoms with van der Waals surface area (Å²) in [6, 6.07) is 8.54. The van der Waals surface area contributed by atoms with Gasteiger partial charge in [-0.15, -0.1) is 0 Å². The molecule has 1 aromatic rings. The standard InChI is InChI=1S/C36H53NO4/c1-35-17-15-28(38)24-27(35)23-26(34-30-13-14-32(39)36(30,2)18-16-31(34)35)10-5-8-25-9-6-11-29(22-25)41-21-7-12-33(40)37-19-3-4-20-37/h6,9,11,22,26-27,30-32,34,39H,3-5,7-8,10,12-21,23-24H2,1-2H3/t26-,27+,30+,31+,32+,34+,35+,36+/m1/s1. The lowest BCUT2D eigenvalue weighted by molar-refractivity contribution is -0.156. The van der Waals surface area contributed by atoms with E-state index in [2.05, 4.69) is 32.0 Å². The minimum atomic E-state index is -0.145. The summed E-state index contributed by atoms with van der Waals surface area (Å²) in [5, 5.41) is 11.0. The second-order valence-electron chi connectivity index (χ2n) is 14.9. The zero-order valence-electron chi connectivity index (χ0n) is 25.6. The third-order valence-corrected chi connectivity index (χ3v) is 12.8. The van der Waals surface area contributed by atoms with E-state index >= 15 is 0 Å². The minimum Gasteiger partial charge on any atom is -0.494 e. The Bertz CT molecular complexity index is 1100. The van der Waals surface area contributed by atoms with Gasteiger partial charge in [0.05, 0.1) is 12.7 Å². The van der Waals surface area contributed by atoms with Crippen LogP contribution in [0.15, 0.2) is 24.3 Å². The van der Waals surface area contributed by atoms with Crippen LogP contribution in [0, 0.1) is 40.4 Å². The van der Waals surface area contributed by atoms with Crippen molar-refractivity contribution in [3.63, 3.8) is 0 Å². The van der Waals surface area contributed by atoms with Crippen molar-refractivity contribution in [2.24, 2.45) is 40.4 Å². The van der Waals surface area contributed by atoms with Crippen LogP contribution >= 0.6 is 0 Å². The maximum atomic E-state index is 12.6. The van der Waals surface area contributed by atoms with Crippen LogP contribution in [0.2, 0.25) is 0 Å². The first-order valence-electron chi connectivity index (χ1n) is 17.0. The van der Waals surface area contributed by atoms with Gasteiger partial charge in [0.2, 0.25) is 5.91 Å². The number of rotatable bonds is 9. The average Bonchev–Trinajstić information content (AvgIpc) is 3.61. The van der Waals surface area contributed by atoms with Crippen molar-refractivity contribution in [3.05, 3.63) is 29.8 Å². The topological polar surface area (TPSA) is 66.8 Å². The predicted molar refractivity (Wildman–Crippen MR) is 162 cm³/mol. The molecule has 5 fully saturated rings. The van der Waals surface area contributed by atoms with Crippen molar-refractivity contribution in [1.29, 1.82) is 0 Å². The molecule has 1 amide bonds. The lowest BCUT2D eigenvalue weighted by Gasteiger charge is -2.62. The van der Waals surface area contributed by atoms with Gasteiger partial charge < -0.3 is 14.7 Å². The maximum absolute atomic E-state index is 12.6. The normalized spacial score (nSPS) is 38.3. The van der Waals surface area contributed by atoms with Crippen molar-refractivity contribution in [1.82, 2.24) is 4.90 Å². The number of amides is 1. The van der Waals surface area contributed by atoms with Gasteiger partial charge in [-0.3, -0.25) is 9.59 Å². The van der Waals surface area contributed by atoms with E-state index in [0.717, 1.165) is 83.0 Å². The van der Waals surface area contributed by atoms with E-state index in [-0.39, 0.29) is 17.4 Å². The van der Waals surface area contributed by atoms with Gasteiger partial charge in [0.15, 0.2) is 0 Å². The molecule has 4 aliphatic carbocycles. The van der Waals surface area contributed by atoms with Crippen LogP contribution in [0.3, 0.4) is 0 Å². The fourth-order valence-electron chi connectivity index (χ4n) is 10.4. The van der Waals surface area contributed by atoms with Gasteiger partial charge in [-0.05, 0) is 135 Å². The number of benzene rings is 1. The highest BCUT2D eigenvalue weighted by Crippen LogP contribution is 2.67. The summed E-state index contributed by atoms with van der Waals surface area (Å²) in [4.78, 5) is 26.8. The molecule has 1 N–H and O–H groups in total. The maximum Gasteiger partial charge on any atom is 0.222 e. The Balaban J connectivity index is 1.06. The number of ketones is 1. The predicted octanol–water partition coefficient (Wildman–Crippen LogP) is 6.99. The monoisotopic (exact) mass is 563 g/mol. The molecule has 5 nitrogen and oxygen atoms in total. The number of carbonyl (C=O) groups excluding carboxylic acids is 2. The summed E-state index contributed by atoms with van der Waals surface area (Å²) in [6.45, 7) is 7.34. The average molecular weight is 564 g/mol. The number of aliphatic hydroxyl groups excluding tert-OH is 1. The van der Waals surface area contributed by atoms with E-state index < -0.39 is 0 Å². The molecule has 1 aromatic carbocycles. The lowest BCUT2D eigenvalue weighted by atomic mass is 9.42. The van der Waals surface area contributed by atoms with Gasteiger partial charge in [0.1, 0.15) is 11.5 Å². The first kappa shape index (κ1) is 29.2. The lowest BCUT2D eigenvalue weighted by Crippen LogP contribution is -2.57. The number of hydrogen-bond donors (Lipinski definition) is 1. The summed E-state index contributed by atoms with van der Waals surface area (Å²) < 4.78 is 6.05. The van der Waals surface area contributed by atoms with Crippen LogP contribution in [-0.4, -0.2) is 47.5 Å². The van der Waals surface area contributed by atoms with Gasteiger partial charge in [0, 0.05) is 32.4 Å². The van der Waals surface area contributed by atoms with E-state index in [9.17, 15) is 14.7 Å². The van der Waals surface area contributed by atoms with Gasteiger partial charge in [-0.25, -0.2) is 0 Å². The van der Waals surface area contributed by atoms with Crippen LogP contribution in [0.25, 0.3) is 0 Å². The molecular weight excluding hydrogens is 510 g/mol. The number of aryl methyl sites for hydroxylation is 1.